The minimum absolute atomic E-state index is 0.195. The number of benzene rings is 2. The lowest BCUT2D eigenvalue weighted by atomic mass is 9.89. The van der Waals surface area contributed by atoms with Crippen LogP contribution in [0.25, 0.3) is 11.6 Å². The molecule has 2 nitrogen and oxygen atoms in total. The number of carbonyl (C=O) groups excluding carboxylic acids is 1. The van der Waals surface area contributed by atoms with Crippen LogP contribution < -0.4 is 0 Å². The largest absolute Gasteiger partial charge is 0.339 e. The molecule has 0 atom stereocenters. The Morgan fingerprint density at radius 3 is 2.44 bits per heavy atom. The monoisotopic (exact) mass is 361 g/mol. The van der Waals surface area contributed by atoms with Crippen molar-refractivity contribution < 1.29 is 4.79 Å². The summed E-state index contributed by atoms with van der Waals surface area (Å²) >= 11 is 0. The van der Waals surface area contributed by atoms with E-state index >= 15 is 0 Å². The quantitative estimate of drug-likeness (QED) is 0.415. The van der Waals surface area contributed by atoms with Gasteiger partial charge in [0.2, 0.25) is 0 Å². The summed E-state index contributed by atoms with van der Waals surface area (Å²) in [6, 6.07) is 16.6. The van der Waals surface area contributed by atoms with Gasteiger partial charge in [-0.25, -0.2) is 0 Å². The van der Waals surface area contributed by atoms with Gasteiger partial charge in [-0.1, -0.05) is 68.3 Å². The fourth-order valence-corrected chi connectivity index (χ4v) is 3.95. The molecule has 0 radical (unpaired) electrons. The Kier molecular flexibility index (Phi) is 6.86. The SMILES string of the molecule is CCCCC/C(=C/c1ccccc1)c1c(C)cccc1C(=O)N1CCCC1. The lowest BCUT2D eigenvalue weighted by Crippen LogP contribution is -2.28. The van der Waals surface area contributed by atoms with Crippen LogP contribution in [0.3, 0.4) is 0 Å². The topological polar surface area (TPSA) is 20.3 Å². The molecule has 142 valence electrons. The van der Waals surface area contributed by atoms with E-state index in [2.05, 4.69) is 50.3 Å². The molecule has 2 aromatic carbocycles. The number of hydrogen-bond acceptors (Lipinski definition) is 1. The van der Waals surface area contributed by atoms with Crippen molar-refractivity contribution in [3.8, 4) is 0 Å². The molecule has 0 saturated carbocycles. The first kappa shape index (κ1) is 19.4. The number of allylic oxidation sites excluding steroid dienone is 1. The number of amides is 1. The van der Waals surface area contributed by atoms with E-state index in [1.54, 1.807) is 0 Å². The lowest BCUT2D eigenvalue weighted by Gasteiger charge is -2.21. The Bertz CT molecular complexity index is 785. The van der Waals surface area contributed by atoms with Crippen LogP contribution in [0.2, 0.25) is 0 Å². The maximum Gasteiger partial charge on any atom is 0.254 e. The van der Waals surface area contributed by atoms with Gasteiger partial charge in [-0.15, -0.1) is 0 Å². The Hall–Kier alpha value is -2.35. The third-order valence-electron chi connectivity index (χ3n) is 5.41. The standard InChI is InChI=1S/C25H31NO/c1-3-4-6-15-22(19-21-13-7-5-8-14-21)24-20(2)12-11-16-23(24)25(27)26-17-9-10-18-26/h5,7-8,11-14,16,19H,3-4,6,9-10,15,17-18H2,1-2H3/b22-19-. The number of hydrogen-bond donors (Lipinski definition) is 0. The second-order valence-corrected chi connectivity index (χ2v) is 7.53. The molecule has 1 saturated heterocycles. The number of rotatable bonds is 7. The minimum atomic E-state index is 0.195. The predicted molar refractivity (Wildman–Crippen MR) is 115 cm³/mol. The summed E-state index contributed by atoms with van der Waals surface area (Å²) < 4.78 is 0. The second-order valence-electron chi connectivity index (χ2n) is 7.53. The highest BCUT2D eigenvalue weighted by Crippen LogP contribution is 2.31. The first-order valence-electron chi connectivity index (χ1n) is 10.4. The van der Waals surface area contributed by atoms with Crippen LogP contribution in [0.5, 0.6) is 0 Å². The lowest BCUT2D eigenvalue weighted by molar-refractivity contribution is 0.0792. The molecule has 27 heavy (non-hydrogen) atoms. The summed E-state index contributed by atoms with van der Waals surface area (Å²) in [6.45, 7) is 6.14. The van der Waals surface area contributed by atoms with E-state index in [4.69, 9.17) is 0 Å². The molecule has 0 bridgehead atoms. The van der Waals surface area contributed by atoms with Crippen molar-refractivity contribution in [3.05, 3.63) is 70.8 Å². The van der Waals surface area contributed by atoms with Gasteiger partial charge >= 0.3 is 0 Å². The predicted octanol–water partition coefficient (Wildman–Crippen LogP) is 6.35. The van der Waals surface area contributed by atoms with Crippen molar-refractivity contribution in [1.82, 2.24) is 4.90 Å². The Morgan fingerprint density at radius 2 is 1.74 bits per heavy atom. The summed E-state index contributed by atoms with van der Waals surface area (Å²) in [7, 11) is 0. The highest BCUT2D eigenvalue weighted by atomic mass is 16.2. The fourth-order valence-electron chi connectivity index (χ4n) is 3.95. The number of likely N-dealkylation sites (tertiary alicyclic amines) is 1. The first-order chi connectivity index (χ1) is 13.2. The third kappa shape index (κ3) is 4.88. The van der Waals surface area contributed by atoms with E-state index in [1.165, 1.54) is 29.5 Å². The zero-order valence-electron chi connectivity index (χ0n) is 16.7. The van der Waals surface area contributed by atoms with Crippen LogP contribution in [-0.2, 0) is 0 Å². The highest BCUT2D eigenvalue weighted by molar-refractivity contribution is 6.01. The van der Waals surface area contributed by atoms with Crippen molar-refractivity contribution >= 4 is 17.6 Å². The molecule has 2 aromatic rings. The van der Waals surface area contributed by atoms with Gasteiger partial charge in [-0.05, 0) is 60.9 Å². The average molecular weight is 362 g/mol. The van der Waals surface area contributed by atoms with Gasteiger partial charge in [0.15, 0.2) is 0 Å². The molecule has 0 unspecified atom stereocenters. The maximum atomic E-state index is 13.2. The van der Waals surface area contributed by atoms with Gasteiger partial charge in [0.05, 0.1) is 0 Å². The van der Waals surface area contributed by atoms with Crippen LogP contribution in [0.4, 0.5) is 0 Å². The highest BCUT2D eigenvalue weighted by Gasteiger charge is 2.23. The van der Waals surface area contributed by atoms with Crippen molar-refractivity contribution in [1.29, 1.82) is 0 Å². The smallest absolute Gasteiger partial charge is 0.254 e. The van der Waals surface area contributed by atoms with Crippen molar-refractivity contribution in [2.24, 2.45) is 0 Å². The van der Waals surface area contributed by atoms with Crippen LogP contribution >= 0.6 is 0 Å². The zero-order valence-corrected chi connectivity index (χ0v) is 16.7. The molecule has 0 spiro atoms. The van der Waals surface area contributed by atoms with Crippen molar-refractivity contribution in [2.45, 2.75) is 52.4 Å². The number of unbranched alkanes of at least 4 members (excludes halogenated alkanes) is 2. The fraction of sp³-hybridized carbons (Fsp3) is 0.400. The molecule has 2 heteroatoms. The molecule has 0 aliphatic carbocycles. The molecular formula is C25H31NO. The summed E-state index contributed by atoms with van der Waals surface area (Å²) in [5.74, 6) is 0.195. The first-order valence-corrected chi connectivity index (χ1v) is 10.4. The molecule has 3 rings (SSSR count). The molecule has 1 aliphatic rings. The van der Waals surface area contributed by atoms with E-state index in [0.717, 1.165) is 49.9 Å². The van der Waals surface area contributed by atoms with E-state index in [0.29, 0.717) is 0 Å². The third-order valence-corrected chi connectivity index (χ3v) is 5.41. The van der Waals surface area contributed by atoms with Crippen LogP contribution in [0.15, 0.2) is 48.5 Å². The van der Waals surface area contributed by atoms with E-state index in [1.807, 2.05) is 23.1 Å². The average Bonchev–Trinajstić information content (AvgIpc) is 3.22. The van der Waals surface area contributed by atoms with Gasteiger partial charge in [0, 0.05) is 18.7 Å². The molecule has 1 amide bonds. The van der Waals surface area contributed by atoms with Crippen LogP contribution in [0.1, 0.15) is 72.5 Å². The number of aryl methyl sites for hydroxylation is 1. The normalized spacial score (nSPS) is 14.6. The van der Waals surface area contributed by atoms with Crippen molar-refractivity contribution in [2.75, 3.05) is 13.1 Å². The van der Waals surface area contributed by atoms with Crippen LogP contribution in [-0.4, -0.2) is 23.9 Å². The van der Waals surface area contributed by atoms with Gasteiger partial charge < -0.3 is 4.90 Å². The van der Waals surface area contributed by atoms with Gasteiger partial charge in [-0.3, -0.25) is 4.79 Å². The summed E-state index contributed by atoms with van der Waals surface area (Å²) in [6.07, 6.45) is 9.10. The number of carbonyl (C=O) groups is 1. The Balaban J connectivity index is 2.02. The van der Waals surface area contributed by atoms with Gasteiger partial charge in [-0.2, -0.15) is 0 Å². The minimum Gasteiger partial charge on any atom is -0.339 e. The number of nitrogens with zero attached hydrogens (tertiary/aromatic N) is 1. The van der Waals surface area contributed by atoms with Gasteiger partial charge in [0.25, 0.3) is 5.91 Å². The molecule has 1 heterocycles. The van der Waals surface area contributed by atoms with E-state index < -0.39 is 0 Å². The molecule has 0 aromatic heterocycles. The van der Waals surface area contributed by atoms with Crippen LogP contribution in [0, 0.1) is 6.92 Å². The van der Waals surface area contributed by atoms with E-state index in [-0.39, 0.29) is 5.91 Å². The summed E-state index contributed by atoms with van der Waals surface area (Å²) in [5.41, 5.74) is 5.70. The Morgan fingerprint density at radius 1 is 1.00 bits per heavy atom. The second kappa shape index (κ2) is 9.55. The summed E-state index contributed by atoms with van der Waals surface area (Å²) in [5, 5.41) is 0. The molecule has 0 N–H and O–H groups in total. The molecule has 1 aliphatic heterocycles. The van der Waals surface area contributed by atoms with E-state index in [9.17, 15) is 4.79 Å². The van der Waals surface area contributed by atoms with Gasteiger partial charge in [0.1, 0.15) is 0 Å². The maximum absolute atomic E-state index is 13.2. The molecule has 1 fully saturated rings. The summed E-state index contributed by atoms with van der Waals surface area (Å²) in [4.78, 5) is 15.2. The Labute approximate surface area is 163 Å². The molecular weight excluding hydrogens is 330 g/mol. The zero-order chi connectivity index (χ0) is 19.1. The van der Waals surface area contributed by atoms with Crippen molar-refractivity contribution in [3.63, 3.8) is 0 Å².